The Hall–Kier alpha value is -0.650. The summed E-state index contributed by atoms with van der Waals surface area (Å²) in [5.41, 5.74) is -0.707. The monoisotopic (exact) mass is 272 g/mol. The van der Waals surface area contributed by atoms with E-state index in [1.807, 2.05) is 14.1 Å². The van der Waals surface area contributed by atoms with E-state index in [4.69, 9.17) is 4.74 Å². The van der Waals surface area contributed by atoms with Gasteiger partial charge in [-0.05, 0) is 26.4 Å². The zero-order valence-electron chi connectivity index (χ0n) is 12.7. The van der Waals surface area contributed by atoms with Gasteiger partial charge in [0.25, 0.3) is 0 Å². The van der Waals surface area contributed by atoms with Crippen LogP contribution in [0.3, 0.4) is 0 Å². The molecular formula is C14H28N2O3. The van der Waals surface area contributed by atoms with Crippen molar-refractivity contribution in [3.05, 3.63) is 0 Å². The van der Waals surface area contributed by atoms with Gasteiger partial charge in [-0.15, -0.1) is 0 Å². The van der Waals surface area contributed by atoms with Crippen LogP contribution < -0.4 is 0 Å². The van der Waals surface area contributed by atoms with Gasteiger partial charge in [-0.1, -0.05) is 13.8 Å². The number of hydrogen-bond acceptors (Lipinski definition) is 4. The molecule has 1 unspecified atom stereocenters. The first kappa shape index (κ1) is 16.4. The van der Waals surface area contributed by atoms with Crippen molar-refractivity contribution in [2.45, 2.75) is 20.3 Å². The second kappa shape index (κ2) is 7.22. The normalized spacial score (nSPS) is 23.7. The molecule has 5 heteroatoms. The number of carbonyl (C=O) groups is 1. The number of carboxylic acids is 1. The van der Waals surface area contributed by atoms with Crippen molar-refractivity contribution in [1.29, 1.82) is 0 Å². The number of carboxylic acid groups (broad SMARTS) is 1. The average molecular weight is 272 g/mol. The zero-order chi connectivity index (χ0) is 14.5. The molecule has 0 bridgehead atoms. The highest BCUT2D eigenvalue weighted by Gasteiger charge is 2.43. The first-order valence-electron chi connectivity index (χ1n) is 7.04. The number of rotatable bonds is 8. The first-order valence-corrected chi connectivity index (χ1v) is 7.04. The Labute approximate surface area is 116 Å². The molecule has 0 aromatic carbocycles. The second-order valence-electron chi connectivity index (χ2n) is 6.32. The highest BCUT2D eigenvalue weighted by molar-refractivity contribution is 5.75. The third-order valence-electron chi connectivity index (χ3n) is 3.57. The number of ether oxygens (including phenoxy) is 1. The Kier molecular flexibility index (Phi) is 6.23. The summed E-state index contributed by atoms with van der Waals surface area (Å²) in [7, 11) is 4.08. The smallest absolute Gasteiger partial charge is 0.313 e. The molecular weight excluding hydrogens is 244 g/mol. The predicted molar refractivity (Wildman–Crippen MR) is 75.3 cm³/mol. The molecule has 0 amide bonds. The number of hydrogen-bond donors (Lipinski definition) is 1. The van der Waals surface area contributed by atoms with Gasteiger partial charge in [0.15, 0.2) is 0 Å². The Bertz CT molecular complexity index is 286. The van der Waals surface area contributed by atoms with Crippen molar-refractivity contribution >= 4 is 5.97 Å². The van der Waals surface area contributed by atoms with Gasteiger partial charge in [0.2, 0.25) is 0 Å². The van der Waals surface area contributed by atoms with Gasteiger partial charge in [0.05, 0.1) is 6.61 Å². The van der Waals surface area contributed by atoms with Gasteiger partial charge in [0, 0.05) is 32.8 Å². The van der Waals surface area contributed by atoms with E-state index < -0.39 is 11.4 Å². The molecule has 1 heterocycles. The van der Waals surface area contributed by atoms with E-state index >= 15 is 0 Å². The van der Waals surface area contributed by atoms with Crippen molar-refractivity contribution in [3.63, 3.8) is 0 Å². The van der Waals surface area contributed by atoms with Gasteiger partial charge in [-0.3, -0.25) is 4.79 Å². The van der Waals surface area contributed by atoms with Gasteiger partial charge in [-0.2, -0.15) is 0 Å². The molecule has 0 aliphatic carbocycles. The molecule has 0 aromatic heterocycles. The van der Waals surface area contributed by atoms with Crippen LogP contribution in [0.2, 0.25) is 0 Å². The van der Waals surface area contributed by atoms with Crippen LogP contribution in [0.4, 0.5) is 0 Å². The third kappa shape index (κ3) is 5.09. The molecule has 0 radical (unpaired) electrons. The lowest BCUT2D eigenvalue weighted by molar-refractivity contribution is -0.150. The van der Waals surface area contributed by atoms with E-state index in [0.717, 1.165) is 19.6 Å². The SMILES string of the molecule is CC(C)CN(CCN(C)C)CC1(C(=O)O)CCOC1. The fourth-order valence-electron chi connectivity index (χ4n) is 2.49. The fourth-order valence-corrected chi connectivity index (χ4v) is 2.49. The highest BCUT2D eigenvalue weighted by Crippen LogP contribution is 2.30. The van der Waals surface area contributed by atoms with Crippen LogP contribution in [0, 0.1) is 11.3 Å². The lowest BCUT2D eigenvalue weighted by Crippen LogP contribution is -2.46. The molecule has 5 nitrogen and oxygen atoms in total. The number of aliphatic carboxylic acids is 1. The summed E-state index contributed by atoms with van der Waals surface area (Å²) in [5, 5.41) is 9.51. The summed E-state index contributed by atoms with van der Waals surface area (Å²) in [6.45, 7) is 8.62. The van der Waals surface area contributed by atoms with E-state index in [9.17, 15) is 9.90 Å². The summed E-state index contributed by atoms with van der Waals surface area (Å²) in [6, 6.07) is 0. The minimum absolute atomic E-state index is 0.346. The summed E-state index contributed by atoms with van der Waals surface area (Å²) < 4.78 is 5.34. The molecule has 0 spiro atoms. The van der Waals surface area contributed by atoms with Crippen LogP contribution in [0.1, 0.15) is 20.3 Å². The van der Waals surface area contributed by atoms with Gasteiger partial charge in [0.1, 0.15) is 5.41 Å². The fraction of sp³-hybridized carbons (Fsp3) is 0.929. The van der Waals surface area contributed by atoms with Crippen LogP contribution in [0.15, 0.2) is 0 Å². The van der Waals surface area contributed by atoms with Crippen molar-refractivity contribution in [3.8, 4) is 0 Å². The molecule has 1 aliphatic rings. The van der Waals surface area contributed by atoms with Crippen LogP contribution in [-0.4, -0.2) is 74.4 Å². The standard InChI is InChI=1S/C14H28N2O3/c1-12(2)9-16(7-6-15(3)4)10-14(13(17)18)5-8-19-11-14/h12H,5-11H2,1-4H3,(H,17,18). The molecule has 1 atom stereocenters. The molecule has 1 saturated heterocycles. The molecule has 19 heavy (non-hydrogen) atoms. The maximum absolute atomic E-state index is 11.6. The Balaban J connectivity index is 2.65. The van der Waals surface area contributed by atoms with Gasteiger partial charge < -0.3 is 19.6 Å². The molecule has 1 N–H and O–H groups in total. The van der Waals surface area contributed by atoms with Crippen LogP contribution in [-0.2, 0) is 9.53 Å². The average Bonchev–Trinajstić information content (AvgIpc) is 2.75. The lowest BCUT2D eigenvalue weighted by atomic mass is 9.86. The topological polar surface area (TPSA) is 53.0 Å². The lowest BCUT2D eigenvalue weighted by Gasteiger charge is -2.33. The van der Waals surface area contributed by atoms with Gasteiger partial charge >= 0.3 is 5.97 Å². The Morgan fingerprint density at radius 1 is 1.37 bits per heavy atom. The molecule has 0 aromatic rings. The summed E-state index contributed by atoms with van der Waals surface area (Å²) in [6.07, 6.45) is 0.624. The molecule has 1 aliphatic heterocycles. The Morgan fingerprint density at radius 2 is 2.05 bits per heavy atom. The van der Waals surface area contributed by atoms with Crippen LogP contribution in [0.5, 0.6) is 0 Å². The third-order valence-corrected chi connectivity index (χ3v) is 3.57. The van der Waals surface area contributed by atoms with E-state index in [-0.39, 0.29) is 0 Å². The van der Waals surface area contributed by atoms with E-state index in [1.165, 1.54) is 0 Å². The predicted octanol–water partition coefficient (Wildman–Crippen LogP) is 0.997. The molecule has 1 rings (SSSR count). The summed E-state index contributed by atoms with van der Waals surface area (Å²) >= 11 is 0. The molecule has 0 saturated carbocycles. The largest absolute Gasteiger partial charge is 0.481 e. The van der Waals surface area contributed by atoms with Crippen molar-refractivity contribution in [1.82, 2.24) is 9.80 Å². The quantitative estimate of drug-likeness (QED) is 0.714. The second-order valence-corrected chi connectivity index (χ2v) is 6.32. The van der Waals surface area contributed by atoms with Gasteiger partial charge in [-0.25, -0.2) is 0 Å². The summed E-state index contributed by atoms with van der Waals surface area (Å²) in [4.78, 5) is 16.0. The maximum Gasteiger partial charge on any atom is 0.313 e. The number of nitrogens with zero attached hydrogens (tertiary/aromatic N) is 2. The summed E-state index contributed by atoms with van der Waals surface area (Å²) in [5.74, 6) is -0.182. The first-order chi connectivity index (χ1) is 8.85. The van der Waals surface area contributed by atoms with Crippen LogP contribution in [0.25, 0.3) is 0 Å². The highest BCUT2D eigenvalue weighted by atomic mass is 16.5. The molecule has 1 fully saturated rings. The van der Waals surface area contributed by atoms with E-state index in [2.05, 4.69) is 23.6 Å². The zero-order valence-corrected chi connectivity index (χ0v) is 12.7. The van der Waals surface area contributed by atoms with Crippen molar-refractivity contribution < 1.29 is 14.6 Å². The maximum atomic E-state index is 11.6. The van der Waals surface area contributed by atoms with Crippen molar-refractivity contribution in [2.24, 2.45) is 11.3 Å². The van der Waals surface area contributed by atoms with E-state index in [1.54, 1.807) is 0 Å². The van der Waals surface area contributed by atoms with Crippen molar-refractivity contribution in [2.75, 3.05) is 53.5 Å². The number of likely N-dealkylation sites (N-methyl/N-ethyl adjacent to an activating group) is 1. The van der Waals surface area contributed by atoms with Crippen LogP contribution >= 0.6 is 0 Å². The van der Waals surface area contributed by atoms with E-state index in [0.29, 0.717) is 32.1 Å². The minimum Gasteiger partial charge on any atom is -0.481 e. The minimum atomic E-state index is -0.719. The molecule has 112 valence electrons. The Morgan fingerprint density at radius 3 is 2.47 bits per heavy atom.